The number of benzene rings is 3. The summed E-state index contributed by atoms with van der Waals surface area (Å²) >= 11 is 13.2. The van der Waals surface area contributed by atoms with Crippen LogP contribution in [0, 0.1) is 5.82 Å². The predicted octanol–water partition coefficient (Wildman–Crippen LogP) is 7.47. The molecule has 5 nitrogen and oxygen atoms in total. The first-order valence-electron chi connectivity index (χ1n) is 10.7. The molecule has 0 amide bonds. The minimum atomic E-state index is -0.450. The van der Waals surface area contributed by atoms with Gasteiger partial charge >= 0.3 is 0 Å². The van der Waals surface area contributed by atoms with E-state index in [-0.39, 0.29) is 18.0 Å². The van der Waals surface area contributed by atoms with Crippen molar-refractivity contribution in [2.24, 2.45) is 5.10 Å². The molecule has 0 bridgehead atoms. The van der Waals surface area contributed by atoms with Crippen LogP contribution in [0.5, 0.6) is 5.75 Å². The standard InChI is InChI=1S/C26H21Br2ClFN3O2/c1-26(2,3)25-32-22-9-6-17(27)11-20(22)24(34)33(25)31-13-16-10-18(29)12-21(28)23(16)35-14-15-4-7-19(30)8-5-15/h4-13H,14H2,1-3H3. The second-order valence-corrected chi connectivity index (χ2v) is 11.1. The molecule has 0 N–H and O–H groups in total. The van der Waals surface area contributed by atoms with E-state index in [4.69, 9.17) is 21.3 Å². The third-order valence-corrected chi connectivity index (χ3v) is 6.43. The van der Waals surface area contributed by atoms with Gasteiger partial charge in [-0.05, 0) is 64.0 Å². The van der Waals surface area contributed by atoms with Crippen molar-refractivity contribution in [1.82, 2.24) is 9.66 Å². The van der Waals surface area contributed by atoms with Crippen LogP contribution in [0.15, 0.2) is 73.4 Å². The normalized spacial score (nSPS) is 12.0. The molecular formula is C26H21Br2ClFN3O2. The zero-order valence-electron chi connectivity index (χ0n) is 19.2. The molecule has 1 aromatic heterocycles. The van der Waals surface area contributed by atoms with E-state index in [1.165, 1.54) is 23.0 Å². The minimum Gasteiger partial charge on any atom is -0.487 e. The monoisotopic (exact) mass is 619 g/mol. The van der Waals surface area contributed by atoms with Gasteiger partial charge < -0.3 is 4.74 Å². The Bertz CT molecular complexity index is 1500. The van der Waals surface area contributed by atoms with Gasteiger partial charge in [-0.1, -0.05) is 60.4 Å². The van der Waals surface area contributed by atoms with Crippen LogP contribution < -0.4 is 10.3 Å². The van der Waals surface area contributed by atoms with E-state index in [0.29, 0.717) is 37.5 Å². The highest BCUT2D eigenvalue weighted by atomic mass is 79.9. The molecule has 180 valence electrons. The lowest BCUT2D eigenvalue weighted by Gasteiger charge is -2.21. The van der Waals surface area contributed by atoms with Crippen molar-refractivity contribution >= 4 is 60.6 Å². The molecule has 0 saturated heterocycles. The second-order valence-electron chi connectivity index (χ2n) is 8.93. The number of ether oxygens (including phenoxy) is 1. The zero-order chi connectivity index (χ0) is 25.3. The highest BCUT2D eigenvalue weighted by Crippen LogP contribution is 2.33. The third-order valence-electron chi connectivity index (χ3n) is 5.13. The second kappa shape index (κ2) is 10.2. The third kappa shape index (κ3) is 5.82. The Morgan fingerprint density at radius 2 is 1.83 bits per heavy atom. The Morgan fingerprint density at radius 3 is 2.51 bits per heavy atom. The molecule has 0 aliphatic heterocycles. The van der Waals surface area contributed by atoms with E-state index in [1.807, 2.05) is 26.8 Å². The Kier molecular flexibility index (Phi) is 7.45. The van der Waals surface area contributed by atoms with E-state index < -0.39 is 5.41 Å². The molecule has 9 heteroatoms. The fourth-order valence-electron chi connectivity index (χ4n) is 3.43. The molecule has 0 saturated carbocycles. The Hall–Kier alpha value is -2.55. The summed E-state index contributed by atoms with van der Waals surface area (Å²) in [5.74, 6) is 0.693. The maximum atomic E-state index is 13.4. The van der Waals surface area contributed by atoms with Crippen LogP contribution in [0.4, 0.5) is 4.39 Å². The smallest absolute Gasteiger partial charge is 0.282 e. The summed E-state index contributed by atoms with van der Waals surface area (Å²) in [6.45, 7) is 6.12. The van der Waals surface area contributed by atoms with Crippen molar-refractivity contribution in [3.8, 4) is 5.75 Å². The molecule has 0 fully saturated rings. The van der Waals surface area contributed by atoms with Crippen LogP contribution in [-0.2, 0) is 12.0 Å². The molecule has 0 spiro atoms. The summed E-state index contributed by atoms with van der Waals surface area (Å²) < 4.78 is 22.0. The van der Waals surface area contributed by atoms with Gasteiger partial charge in [-0.2, -0.15) is 9.78 Å². The van der Waals surface area contributed by atoms with Gasteiger partial charge in [0.05, 0.1) is 21.6 Å². The first-order valence-corrected chi connectivity index (χ1v) is 12.6. The first-order chi connectivity index (χ1) is 16.5. The van der Waals surface area contributed by atoms with Crippen molar-refractivity contribution in [2.75, 3.05) is 0 Å². The molecule has 0 atom stereocenters. The van der Waals surface area contributed by atoms with Gasteiger partial charge in [0.25, 0.3) is 5.56 Å². The van der Waals surface area contributed by atoms with Gasteiger partial charge in [0, 0.05) is 20.5 Å². The van der Waals surface area contributed by atoms with Crippen molar-refractivity contribution in [2.45, 2.75) is 32.8 Å². The lowest BCUT2D eigenvalue weighted by molar-refractivity contribution is 0.303. The molecule has 1 heterocycles. The van der Waals surface area contributed by atoms with Crippen LogP contribution in [-0.4, -0.2) is 15.9 Å². The van der Waals surface area contributed by atoms with Gasteiger partial charge in [0.2, 0.25) is 0 Å². The summed E-state index contributed by atoms with van der Waals surface area (Å²) in [5, 5.41) is 5.44. The van der Waals surface area contributed by atoms with Gasteiger partial charge in [-0.3, -0.25) is 4.79 Å². The molecule has 3 aromatic carbocycles. The molecule has 0 radical (unpaired) electrons. The Labute approximate surface area is 223 Å². The van der Waals surface area contributed by atoms with Gasteiger partial charge in [-0.25, -0.2) is 9.37 Å². The molecule has 4 rings (SSSR count). The molecule has 0 aliphatic rings. The maximum absolute atomic E-state index is 13.4. The quantitative estimate of drug-likeness (QED) is 0.217. The molecular weight excluding hydrogens is 601 g/mol. The van der Waals surface area contributed by atoms with Gasteiger partial charge in [0.15, 0.2) is 0 Å². The van der Waals surface area contributed by atoms with Crippen LogP contribution in [0.3, 0.4) is 0 Å². The molecule has 0 aliphatic carbocycles. The van der Waals surface area contributed by atoms with Crippen molar-refractivity contribution in [3.05, 3.63) is 102 Å². The average molecular weight is 622 g/mol. The lowest BCUT2D eigenvalue weighted by Crippen LogP contribution is -2.29. The molecule has 0 unspecified atom stereocenters. The maximum Gasteiger partial charge on any atom is 0.282 e. The van der Waals surface area contributed by atoms with Crippen LogP contribution in [0.2, 0.25) is 5.02 Å². The van der Waals surface area contributed by atoms with Crippen LogP contribution >= 0.6 is 43.5 Å². The van der Waals surface area contributed by atoms with Crippen molar-refractivity contribution in [1.29, 1.82) is 0 Å². The average Bonchev–Trinajstić information content (AvgIpc) is 2.78. The Morgan fingerprint density at radius 1 is 1.11 bits per heavy atom. The van der Waals surface area contributed by atoms with E-state index in [0.717, 1.165) is 10.0 Å². The number of nitrogens with zero attached hydrogens (tertiary/aromatic N) is 3. The Balaban J connectivity index is 1.79. The van der Waals surface area contributed by atoms with Crippen molar-refractivity contribution in [3.63, 3.8) is 0 Å². The summed E-state index contributed by atoms with van der Waals surface area (Å²) in [4.78, 5) is 18.2. The molecule has 4 aromatic rings. The minimum absolute atomic E-state index is 0.208. The van der Waals surface area contributed by atoms with E-state index >= 15 is 0 Å². The number of halogens is 4. The van der Waals surface area contributed by atoms with E-state index in [2.05, 4.69) is 37.0 Å². The number of rotatable bonds is 5. The highest BCUT2D eigenvalue weighted by molar-refractivity contribution is 9.10. The number of hydrogen-bond acceptors (Lipinski definition) is 4. The lowest BCUT2D eigenvalue weighted by atomic mass is 9.95. The zero-order valence-corrected chi connectivity index (χ0v) is 23.1. The highest BCUT2D eigenvalue weighted by Gasteiger charge is 2.23. The number of hydrogen-bond donors (Lipinski definition) is 0. The van der Waals surface area contributed by atoms with E-state index in [9.17, 15) is 9.18 Å². The van der Waals surface area contributed by atoms with Crippen LogP contribution in [0.1, 0.15) is 37.7 Å². The summed E-state index contributed by atoms with van der Waals surface area (Å²) in [6.07, 6.45) is 1.53. The molecule has 35 heavy (non-hydrogen) atoms. The topological polar surface area (TPSA) is 56.5 Å². The van der Waals surface area contributed by atoms with Gasteiger partial charge in [-0.15, -0.1) is 0 Å². The summed E-state index contributed by atoms with van der Waals surface area (Å²) in [6, 6.07) is 14.9. The van der Waals surface area contributed by atoms with Gasteiger partial charge in [0.1, 0.15) is 24.0 Å². The van der Waals surface area contributed by atoms with E-state index in [1.54, 1.807) is 36.4 Å². The fraction of sp³-hybridized carbons (Fsp3) is 0.192. The fourth-order valence-corrected chi connectivity index (χ4v) is 4.74. The van der Waals surface area contributed by atoms with Crippen LogP contribution in [0.25, 0.3) is 10.9 Å². The van der Waals surface area contributed by atoms with Crippen molar-refractivity contribution < 1.29 is 9.13 Å². The SMILES string of the molecule is CC(C)(C)c1nc2ccc(Br)cc2c(=O)n1N=Cc1cc(Cl)cc(Br)c1OCc1ccc(F)cc1. The summed E-state index contributed by atoms with van der Waals surface area (Å²) in [5.41, 5.74) is 1.23. The largest absolute Gasteiger partial charge is 0.487 e. The number of aromatic nitrogens is 2. The number of fused-ring (bicyclic) bond motifs is 1. The summed E-state index contributed by atoms with van der Waals surface area (Å²) in [7, 11) is 0. The predicted molar refractivity (Wildman–Crippen MR) is 145 cm³/mol. The first kappa shape index (κ1) is 25.5.